The Labute approximate surface area is 125 Å². The molecular weight excluding hydrogens is 268 g/mol. The van der Waals surface area contributed by atoms with Crippen LogP contribution >= 0.6 is 0 Å². The van der Waals surface area contributed by atoms with Gasteiger partial charge in [0.2, 0.25) is 0 Å². The molecule has 1 aromatic rings. The second-order valence-corrected chi connectivity index (χ2v) is 5.71. The van der Waals surface area contributed by atoms with E-state index in [2.05, 4.69) is 10.6 Å². The number of benzene rings is 1. The maximum absolute atomic E-state index is 12.0. The second-order valence-electron chi connectivity index (χ2n) is 5.71. The highest BCUT2D eigenvalue weighted by molar-refractivity contribution is 5.74. The van der Waals surface area contributed by atoms with E-state index in [1.165, 1.54) is 0 Å². The van der Waals surface area contributed by atoms with E-state index in [1.807, 2.05) is 24.3 Å². The first-order chi connectivity index (χ1) is 10.2. The van der Waals surface area contributed by atoms with Crippen molar-refractivity contribution in [3.05, 3.63) is 35.4 Å². The monoisotopic (exact) mass is 292 g/mol. The lowest BCUT2D eigenvalue weighted by atomic mass is 9.99. The van der Waals surface area contributed by atoms with Gasteiger partial charge in [-0.05, 0) is 24.0 Å². The van der Waals surface area contributed by atoms with Crippen LogP contribution in [0.5, 0.6) is 0 Å². The highest BCUT2D eigenvalue weighted by Gasteiger charge is 2.34. The number of carbonyl (C=O) groups excluding carboxylic acids is 1. The van der Waals surface area contributed by atoms with Gasteiger partial charge < -0.3 is 20.5 Å². The van der Waals surface area contributed by atoms with Gasteiger partial charge in [-0.25, -0.2) is 4.79 Å². The van der Waals surface area contributed by atoms with Crippen LogP contribution in [0.1, 0.15) is 36.8 Å². The third-order valence-corrected chi connectivity index (χ3v) is 4.00. The first-order valence-corrected chi connectivity index (χ1v) is 7.41. The Bertz CT molecular complexity index is 470. The molecule has 21 heavy (non-hydrogen) atoms. The quantitative estimate of drug-likeness (QED) is 0.750. The molecule has 0 aliphatic heterocycles. The average molecular weight is 292 g/mol. The van der Waals surface area contributed by atoms with Gasteiger partial charge in [-0.2, -0.15) is 0 Å². The SMILES string of the molecule is COCc1cccc(CNC(=O)NC2(CO)CCCC2)c1. The molecule has 1 saturated carbocycles. The normalized spacial score (nSPS) is 16.7. The van der Waals surface area contributed by atoms with Gasteiger partial charge in [0.25, 0.3) is 0 Å². The summed E-state index contributed by atoms with van der Waals surface area (Å²) in [5.74, 6) is 0. The standard InChI is InChI=1S/C16H24N2O3/c1-21-11-14-6-4-5-13(9-14)10-17-15(20)18-16(12-19)7-2-3-8-16/h4-6,9,19H,2-3,7-8,10-12H2,1H3,(H2,17,18,20). The lowest BCUT2D eigenvalue weighted by Crippen LogP contribution is -2.52. The predicted molar refractivity (Wildman–Crippen MR) is 80.8 cm³/mol. The molecule has 1 aliphatic rings. The van der Waals surface area contributed by atoms with Crippen molar-refractivity contribution in [1.82, 2.24) is 10.6 Å². The molecule has 1 aliphatic carbocycles. The lowest BCUT2D eigenvalue weighted by molar-refractivity contribution is 0.162. The number of carbonyl (C=O) groups is 1. The van der Waals surface area contributed by atoms with Gasteiger partial charge in [0.1, 0.15) is 0 Å². The van der Waals surface area contributed by atoms with Gasteiger partial charge in [-0.15, -0.1) is 0 Å². The molecule has 2 rings (SSSR count). The van der Waals surface area contributed by atoms with E-state index in [1.54, 1.807) is 7.11 Å². The van der Waals surface area contributed by atoms with Crippen LogP contribution in [0.2, 0.25) is 0 Å². The van der Waals surface area contributed by atoms with Gasteiger partial charge in [-0.3, -0.25) is 0 Å². The molecule has 0 saturated heterocycles. The van der Waals surface area contributed by atoms with Crippen molar-refractivity contribution in [1.29, 1.82) is 0 Å². The van der Waals surface area contributed by atoms with E-state index in [0.717, 1.165) is 36.8 Å². The fraction of sp³-hybridized carbons (Fsp3) is 0.562. The highest BCUT2D eigenvalue weighted by atomic mass is 16.5. The largest absolute Gasteiger partial charge is 0.394 e. The van der Waals surface area contributed by atoms with Gasteiger partial charge >= 0.3 is 6.03 Å². The Morgan fingerprint density at radius 1 is 1.33 bits per heavy atom. The number of aliphatic hydroxyl groups excluding tert-OH is 1. The summed E-state index contributed by atoms with van der Waals surface area (Å²) in [5.41, 5.74) is 1.69. The minimum Gasteiger partial charge on any atom is -0.394 e. The summed E-state index contributed by atoms with van der Waals surface area (Å²) in [6.45, 7) is 1.03. The number of methoxy groups -OCH3 is 1. The molecule has 1 aromatic carbocycles. The van der Waals surface area contributed by atoms with Crippen molar-refractivity contribution in [2.75, 3.05) is 13.7 Å². The van der Waals surface area contributed by atoms with Crippen LogP contribution in [0.4, 0.5) is 4.79 Å². The van der Waals surface area contributed by atoms with Crippen molar-refractivity contribution in [2.45, 2.75) is 44.4 Å². The number of hydrogen-bond donors (Lipinski definition) is 3. The summed E-state index contributed by atoms with van der Waals surface area (Å²) in [6.07, 6.45) is 3.81. The van der Waals surface area contributed by atoms with Crippen LogP contribution in [0, 0.1) is 0 Å². The molecule has 0 unspecified atom stereocenters. The third kappa shape index (κ3) is 4.44. The Morgan fingerprint density at radius 3 is 2.71 bits per heavy atom. The van der Waals surface area contributed by atoms with Crippen LogP contribution < -0.4 is 10.6 Å². The number of aliphatic hydroxyl groups is 1. The van der Waals surface area contributed by atoms with E-state index in [-0.39, 0.29) is 12.6 Å². The second kappa shape index (κ2) is 7.43. The van der Waals surface area contributed by atoms with Crippen LogP contribution in [-0.4, -0.2) is 30.4 Å². The first-order valence-electron chi connectivity index (χ1n) is 7.41. The summed E-state index contributed by atoms with van der Waals surface area (Å²) in [5, 5.41) is 15.3. The Morgan fingerprint density at radius 2 is 2.05 bits per heavy atom. The van der Waals surface area contributed by atoms with Crippen molar-refractivity contribution in [3.8, 4) is 0 Å². The van der Waals surface area contributed by atoms with Gasteiger partial charge in [0.15, 0.2) is 0 Å². The number of hydrogen-bond acceptors (Lipinski definition) is 3. The molecule has 0 radical (unpaired) electrons. The molecule has 0 heterocycles. The van der Waals surface area contributed by atoms with Crippen LogP contribution in [0.3, 0.4) is 0 Å². The highest BCUT2D eigenvalue weighted by Crippen LogP contribution is 2.28. The molecule has 0 bridgehead atoms. The van der Waals surface area contributed by atoms with Crippen molar-refractivity contribution >= 4 is 6.03 Å². The van der Waals surface area contributed by atoms with Crippen molar-refractivity contribution in [3.63, 3.8) is 0 Å². The molecule has 0 aromatic heterocycles. The summed E-state index contributed by atoms with van der Waals surface area (Å²) < 4.78 is 5.10. The molecule has 0 spiro atoms. The van der Waals surface area contributed by atoms with Gasteiger partial charge in [0.05, 0.1) is 18.8 Å². The molecule has 2 amide bonds. The first kappa shape index (κ1) is 15.8. The van der Waals surface area contributed by atoms with E-state index in [4.69, 9.17) is 4.74 Å². The average Bonchev–Trinajstić information content (AvgIpc) is 2.95. The van der Waals surface area contributed by atoms with E-state index < -0.39 is 5.54 Å². The minimum absolute atomic E-state index is 0.00371. The molecular formula is C16H24N2O3. The fourth-order valence-electron chi connectivity index (χ4n) is 2.84. The smallest absolute Gasteiger partial charge is 0.315 e. The zero-order valence-corrected chi connectivity index (χ0v) is 12.5. The van der Waals surface area contributed by atoms with E-state index in [9.17, 15) is 9.90 Å². The van der Waals surface area contributed by atoms with Crippen molar-refractivity contribution < 1.29 is 14.6 Å². The number of ether oxygens (including phenoxy) is 1. The van der Waals surface area contributed by atoms with Gasteiger partial charge in [-0.1, -0.05) is 37.1 Å². The number of rotatable bonds is 6. The number of nitrogens with one attached hydrogen (secondary N) is 2. The number of urea groups is 1. The maximum atomic E-state index is 12.0. The molecule has 116 valence electrons. The zero-order valence-electron chi connectivity index (χ0n) is 12.5. The third-order valence-electron chi connectivity index (χ3n) is 4.00. The van der Waals surface area contributed by atoms with Gasteiger partial charge in [0, 0.05) is 13.7 Å². The molecule has 3 N–H and O–H groups in total. The summed E-state index contributed by atoms with van der Waals surface area (Å²) in [7, 11) is 1.66. The molecule has 5 heteroatoms. The van der Waals surface area contributed by atoms with Crippen molar-refractivity contribution in [2.24, 2.45) is 0 Å². The number of amides is 2. The topological polar surface area (TPSA) is 70.6 Å². The Kier molecular flexibility index (Phi) is 5.59. The molecule has 0 atom stereocenters. The minimum atomic E-state index is -0.429. The van der Waals surface area contributed by atoms with E-state index in [0.29, 0.717) is 13.2 Å². The molecule has 5 nitrogen and oxygen atoms in total. The molecule has 1 fully saturated rings. The maximum Gasteiger partial charge on any atom is 0.315 e. The van der Waals surface area contributed by atoms with Crippen LogP contribution in [0.25, 0.3) is 0 Å². The van der Waals surface area contributed by atoms with Crippen LogP contribution in [-0.2, 0) is 17.9 Å². The fourth-order valence-corrected chi connectivity index (χ4v) is 2.84. The zero-order chi connectivity index (χ0) is 15.1. The Hall–Kier alpha value is -1.59. The summed E-state index contributed by atoms with van der Waals surface area (Å²) in [6, 6.07) is 7.71. The summed E-state index contributed by atoms with van der Waals surface area (Å²) in [4.78, 5) is 12.0. The summed E-state index contributed by atoms with van der Waals surface area (Å²) >= 11 is 0. The lowest BCUT2D eigenvalue weighted by Gasteiger charge is -2.28. The Balaban J connectivity index is 1.84. The van der Waals surface area contributed by atoms with Crippen LogP contribution in [0.15, 0.2) is 24.3 Å². The predicted octanol–water partition coefficient (Wildman–Crippen LogP) is 1.94. The van der Waals surface area contributed by atoms with E-state index >= 15 is 0 Å².